The number of amides is 2. The summed E-state index contributed by atoms with van der Waals surface area (Å²) in [7, 11) is 1.41. The maximum Gasteiger partial charge on any atom is 0.409 e. The molecule has 0 radical (unpaired) electrons. The van der Waals surface area contributed by atoms with Gasteiger partial charge in [-0.25, -0.2) is 4.79 Å². The van der Waals surface area contributed by atoms with Gasteiger partial charge in [-0.2, -0.15) is 0 Å². The van der Waals surface area contributed by atoms with Crippen molar-refractivity contribution >= 4 is 12.0 Å². The van der Waals surface area contributed by atoms with Crippen molar-refractivity contribution in [2.45, 2.75) is 44.6 Å². The lowest BCUT2D eigenvalue weighted by Crippen LogP contribution is -2.48. The van der Waals surface area contributed by atoms with Crippen LogP contribution in [0.15, 0.2) is 0 Å². The number of piperidine rings is 1. The highest BCUT2D eigenvalue weighted by Crippen LogP contribution is 2.48. The first-order valence-corrected chi connectivity index (χ1v) is 7.80. The predicted molar refractivity (Wildman–Crippen MR) is 74.1 cm³/mol. The van der Waals surface area contributed by atoms with Gasteiger partial charge in [0.25, 0.3) is 0 Å². The Morgan fingerprint density at radius 3 is 2.40 bits per heavy atom. The van der Waals surface area contributed by atoms with E-state index >= 15 is 0 Å². The molecule has 2 amide bonds. The summed E-state index contributed by atoms with van der Waals surface area (Å²) in [5, 5.41) is 3.21. The molecule has 0 unspecified atom stereocenters. The second-order valence-corrected chi connectivity index (χ2v) is 6.52. The first-order valence-electron chi connectivity index (χ1n) is 7.80. The van der Waals surface area contributed by atoms with Crippen LogP contribution in [0.25, 0.3) is 0 Å². The van der Waals surface area contributed by atoms with Crippen LogP contribution in [-0.4, -0.2) is 43.1 Å². The number of nitrogens with one attached hydrogen (secondary N) is 1. The summed E-state index contributed by atoms with van der Waals surface area (Å²) in [5.74, 6) is 1.95. The molecule has 2 aliphatic carbocycles. The maximum atomic E-state index is 12.4. The van der Waals surface area contributed by atoms with Crippen LogP contribution < -0.4 is 5.32 Å². The Balaban J connectivity index is 1.45. The van der Waals surface area contributed by atoms with E-state index in [0.717, 1.165) is 25.2 Å². The van der Waals surface area contributed by atoms with Gasteiger partial charge in [-0.15, -0.1) is 0 Å². The van der Waals surface area contributed by atoms with E-state index in [1.807, 2.05) is 0 Å². The van der Waals surface area contributed by atoms with E-state index in [-0.39, 0.29) is 24.0 Å². The van der Waals surface area contributed by atoms with Gasteiger partial charge in [0, 0.05) is 25.0 Å². The summed E-state index contributed by atoms with van der Waals surface area (Å²) >= 11 is 0. The Morgan fingerprint density at radius 2 is 1.85 bits per heavy atom. The fraction of sp³-hybridized carbons (Fsp3) is 0.867. The number of methoxy groups -OCH3 is 1. The SMILES string of the molecule is COC(=O)N1CCC(NC(=O)[C@H]2C[C@H]3CC[C@H]2C3)CC1. The van der Waals surface area contributed by atoms with E-state index < -0.39 is 0 Å². The van der Waals surface area contributed by atoms with Gasteiger partial charge in [-0.3, -0.25) is 4.79 Å². The number of ether oxygens (including phenoxy) is 1. The van der Waals surface area contributed by atoms with Gasteiger partial charge in [0.05, 0.1) is 7.11 Å². The van der Waals surface area contributed by atoms with Crippen LogP contribution in [-0.2, 0) is 9.53 Å². The predicted octanol–water partition coefficient (Wildman–Crippen LogP) is 1.77. The molecule has 3 fully saturated rings. The van der Waals surface area contributed by atoms with Gasteiger partial charge in [0.1, 0.15) is 0 Å². The molecule has 5 nitrogen and oxygen atoms in total. The molecule has 1 heterocycles. The molecule has 0 aromatic heterocycles. The number of fused-ring (bicyclic) bond motifs is 2. The van der Waals surface area contributed by atoms with Crippen LogP contribution in [0.4, 0.5) is 4.79 Å². The zero-order valence-electron chi connectivity index (χ0n) is 12.1. The second kappa shape index (κ2) is 5.62. The van der Waals surface area contributed by atoms with Crippen LogP contribution in [0, 0.1) is 17.8 Å². The van der Waals surface area contributed by atoms with E-state index in [0.29, 0.717) is 19.0 Å². The molecule has 0 spiro atoms. The monoisotopic (exact) mass is 280 g/mol. The zero-order chi connectivity index (χ0) is 14.1. The summed E-state index contributed by atoms with van der Waals surface area (Å²) in [6, 6.07) is 0.225. The van der Waals surface area contributed by atoms with Crippen LogP contribution in [0.5, 0.6) is 0 Å². The molecule has 0 aromatic rings. The van der Waals surface area contributed by atoms with E-state index in [1.165, 1.54) is 26.4 Å². The highest BCUT2D eigenvalue weighted by atomic mass is 16.5. The minimum Gasteiger partial charge on any atom is -0.453 e. The Hall–Kier alpha value is -1.26. The highest BCUT2D eigenvalue weighted by molar-refractivity contribution is 5.79. The minimum atomic E-state index is -0.261. The van der Waals surface area contributed by atoms with Crippen molar-refractivity contribution in [3.63, 3.8) is 0 Å². The van der Waals surface area contributed by atoms with Crippen LogP contribution in [0.2, 0.25) is 0 Å². The first-order chi connectivity index (χ1) is 9.67. The number of nitrogens with zero attached hydrogens (tertiary/aromatic N) is 1. The fourth-order valence-electron chi connectivity index (χ4n) is 4.21. The number of likely N-dealkylation sites (tertiary alicyclic amines) is 1. The van der Waals surface area contributed by atoms with E-state index in [1.54, 1.807) is 4.90 Å². The summed E-state index contributed by atoms with van der Waals surface area (Å²) in [6.07, 6.45) is 6.33. The molecule has 1 N–H and O–H groups in total. The lowest BCUT2D eigenvalue weighted by Gasteiger charge is -2.32. The van der Waals surface area contributed by atoms with Crippen molar-refractivity contribution in [3.05, 3.63) is 0 Å². The van der Waals surface area contributed by atoms with Gasteiger partial charge in [0.15, 0.2) is 0 Å². The summed E-state index contributed by atoms with van der Waals surface area (Å²) in [4.78, 5) is 25.5. The third-order valence-electron chi connectivity index (χ3n) is 5.35. The molecule has 2 bridgehead atoms. The number of hydrogen-bond acceptors (Lipinski definition) is 3. The molecule has 3 aliphatic rings. The molecule has 0 aromatic carbocycles. The largest absolute Gasteiger partial charge is 0.453 e. The molecule has 20 heavy (non-hydrogen) atoms. The van der Waals surface area contributed by atoms with Gasteiger partial charge in [0.2, 0.25) is 5.91 Å². The number of rotatable bonds is 2. The molecule has 5 heteroatoms. The summed E-state index contributed by atoms with van der Waals surface area (Å²) in [6.45, 7) is 1.35. The molecule has 1 saturated heterocycles. The highest BCUT2D eigenvalue weighted by Gasteiger charge is 2.43. The Kier molecular flexibility index (Phi) is 3.85. The number of carbonyl (C=O) groups is 2. The molecule has 2 saturated carbocycles. The maximum absolute atomic E-state index is 12.4. The quantitative estimate of drug-likeness (QED) is 0.838. The van der Waals surface area contributed by atoms with Crippen molar-refractivity contribution in [3.8, 4) is 0 Å². The van der Waals surface area contributed by atoms with E-state index in [2.05, 4.69) is 5.32 Å². The number of carbonyl (C=O) groups excluding carboxylic acids is 2. The van der Waals surface area contributed by atoms with Crippen molar-refractivity contribution in [1.29, 1.82) is 0 Å². The van der Waals surface area contributed by atoms with E-state index in [9.17, 15) is 9.59 Å². The molecule has 1 aliphatic heterocycles. The average molecular weight is 280 g/mol. The van der Waals surface area contributed by atoms with Gasteiger partial charge >= 0.3 is 6.09 Å². The van der Waals surface area contributed by atoms with Crippen molar-refractivity contribution in [2.75, 3.05) is 20.2 Å². The van der Waals surface area contributed by atoms with E-state index in [4.69, 9.17) is 4.74 Å². The number of hydrogen-bond donors (Lipinski definition) is 1. The fourth-order valence-corrected chi connectivity index (χ4v) is 4.21. The minimum absolute atomic E-state index is 0.225. The summed E-state index contributed by atoms with van der Waals surface area (Å²) < 4.78 is 4.72. The third-order valence-corrected chi connectivity index (χ3v) is 5.35. The van der Waals surface area contributed by atoms with Crippen LogP contribution >= 0.6 is 0 Å². The lowest BCUT2D eigenvalue weighted by atomic mass is 9.87. The average Bonchev–Trinajstić information content (AvgIpc) is 3.10. The Morgan fingerprint density at radius 1 is 1.10 bits per heavy atom. The lowest BCUT2D eigenvalue weighted by molar-refractivity contribution is -0.127. The summed E-state index contributed by atoms with van der Waals surface area (Å²) in [5.41, 5.74) is 0. The molecule has 3 rings (SSSR count). The van der Waals surface area contributed by atoms with Crippen LogP contribution in [0.3, 0.4) is 0 Å². The van der Waals surface area contributed by atoms with Crippen molar-refractivity contribution in [2.24, 2.45) is 17.8 Å². The van der Waals surface area contributed by atoms with Gasteiger partial charge in [-0.05, 0) is 43.9 Å². The smallest absolute Gasteiger partial charge is 0.409 e. The van der Waals surface area contributed by atoms with Crippen molar-refractivity contribution < 1.29 is 14.3 Å². The Labute approximate surface area is 120 Å². The van der Waals surface area contributed by atoms with Crippen LogP contribution in [0.1, 0.15) is 38.5 Å². The Bertz CT molecular complexity index is 391. The molecule has 112 valence electrons. The standard InChI is InChI=1S/C15H24N2O3/c1-20-15(19)17-6-4-12(5-7-17)16-14(18)13-9-10-2-3-11(13)8-10/h10-13H,2-9H2,1H3,(H,16,18)/t10-,11-,13-/m0/s1. The zero-order valence-corrected chi connectivity index (χ0v) is 12.1. The molecular formula is C15H24N2O3. The molecular weight excluding hydrogens is 256 g/mol. The topological polar surface area (TPSA) is 58.6 Å². The first kappa shape index (κ1) is 13.7. The van der Waals surface area contributed by atoms with Gasteiger partial charge < -0.3 is 15.0 Å². The second-order valence-electron chi connectivity index (χ2n) is 6.52. The third kappa shape index (κ3) is 2.63. The van der Waals surface area contributed by atoms with Gasteiger partial charge in [-0.1, -0.05) is 6.42 Å². The molecule has 3 atom stereocenters. The normalized spacial score (nSPS) is 33.2. The van der Waals surface area contributed by atoms with Crippen molar-refractivity contribution in [1.82, 2.24) is 10.2 Å².